The van der Waals surface area contributed by atoms with E-state index in [1.807, 2.05) is 31.2 Å². The van der Waals surface area contributed by atoms with Gasteiger partial charge in [-0.05, 0) is 47.5 Å². The predicted molar refractivity (Wildman–Crippen MR) is 101 cm³/mol. The van der Waals surface area contributed by atoms with Gasteiger partial charge < -0.3 is 4.74 Å². The molecular weight excluding hydrogens is 310 g/mol. The van der Waals surface area contributed by atoms with Gasteiger partial charge in [-0.15, -0.1) is 0 Å². The number of aromatic nitrogens is 1. The van der Waals surface area contributed by atoms with Gasteiger partial charge in [0.25, 0.3) is 0 Å². The van der Waals surface area contributed by atoms with Crippen LogP contribution in [0.3, 0.4) is 0 Å². The van der Waals surface area contributed by atoms with Gasteiger partial charge in [0.2, 0.25) is 0 Å². The second-order valence-electron chi connectivity index (χ2n) is 6.05. The second-order valence-corrected chi connectivity index (χ2v) is 6.05. The van der Waals surface area contributed by atoms with E-state index in [-0.39, 0.29) is 5.97 Å². The average Bonchev–Trinajstić information content (AvgIpc) is 2.66. The Labute approximate surface area is 145 Å². The van der Waals surface area contributed by atoms with Gasteiger partial charge in [-0.25, -0.2) is 4.79 Å². The third kappa shape index (κ3) is 2.64. The number of hydrogen-bond acceptors (Lipinski definition) is 3. The van der Waals surface area contributed by atoms with Gasteiger partial charge in [0.15, 0.2) is 0 Å². The molecule has 3 nitrogen and oxygen atoms in total. The molecule has 0 saturated carbocycles. The zero-order valence-electron chi connectivity index (χ0n) is 14.1. The maximum absolute atomic E-state index is 11.8. The number of esters is 1. The first-order valence-corrected chi connectivity index (χ1v) is 8.15. The molecule has 3 aromatic carbocycles. The highest BCUT2D eigenvalue weighted by molar-refractivity contribution is 6.00. The fourth-order valence-corrected chi connectivity index (χ4v) is 3.25. The van der Waals surface area contributed by atoms with E-state index in [0.717, 1.165) is 27.7 Å². The molecule has 0 unspecified atom stereocenters. The molecule has 122 valence electrons. The van der Waals surface area contributed by atoms with Crippen LogP contribution >= 0.6 is 0 Å². The molecule has 0 spiro atoms. The lowest BCUT2D eigenvalue weighted by Gasteiger charge is -2.11. The monoisotopic (exact) mass is 327 g/mol. The molecule has 0 aliphatic heterocycles. The molecule has 4 rings (SSSR count). The summed E-state index contributed by atoms with van der Waals surface area (Å²) in [6, 6.07) is 22.2. The van der Waals surface area contributed by atoms with E-state index in [9.17, 15) is 4.79 Å². The number of ether oxygens (including phenoxy) is 1. The zero-order valence-corrected chi connectivity index (χ0v) is 14.1. The summed E-state index contributed by atoms with van der Waals surface area (Å²) in [6.45, 7) is 2.02. The summed E-state index contributed by atoms with van der Waals surface area (Å²) >= 11 is 0. The Morgan fingerprint density at radius 3 is 2.52 bits per heavy atom. The van der Waals surface area contributed by atoms with Crippen LogP contribution in [0.15, 0.2) is 66.7 Å². The molecule has 0 aliphatic rings. The minimum absolute atomic E-state index is 0.339. The number of rotatable bonds is 2. The van der Waals surface area contributed by atoms with Crippen molar-refractivity contribution in [2.24, 2.45) is 0 Å². The zero-order chi connectivity index (χ0) is 17.4. The van der Waals surface area contributed by atoms with E-state index < -0.39 is 0 Å². The van der Waals surface area contributed by atoms with Crippen LogP contribution in [0.4, 0.5) is 0 Å². The number of methoxy groups -OCH3 is 1. The molecule has 1 heterocycles. The van der Waals surface area contributed by atoms with Crippen molar-refractivity contribution in [2.45, 2.75) is 6.92 Å². The van der Waals surface area contributed by atoms with Crippen LogP contribution in [0.1, 0.15) is 16.1 Å². The van der Waals surface area contributed by atoms with Gasteiger partial charge in [0.1, 0.15) is 0 Å². The molecule has 0 aliphatic carbocycles. The standard InChI is InChI=1S/C22H17NO2/c1-14-20(19-9-5-7-15-6-3-4-8-18(15)19)13-17-12-16(22(24)25-2)10-11-21(17)23-14/h3-13H,1-2H3. The smallest absolute Gasteiger partial charge is 0.337 e. The summed E-state index contributed by atoms with van der Waals surface area (Å²) in [5.41, 5.74) is 4.59. The Morgan fingerprint density at radius 1 is 0.880 bits per heavy atom. The number of hydrogen-bond donors (Lipinski definition) is 0. The van der Waals surface area contributed by atoms with Gasteiger partial charge in [-0.2, -0.15) is 0 Å². The topological polar surface area (TPSA) is 39.2 Å². The first-order valence-electron chi connectivity index (χ1n) is 8.15. The highest BCUT2D eigenvalue weighted by atomic mass is 16.5. The van der Waals surface area contributed by atoms with Gasteiger partial charge in [0, 0.05) is 16.6 Å². The van der Waals surface area contributed by atoms with E-state index in [4.69, 9.17) is 9.72 Å². The molecular formula is C22H17NO2. The van der Waals surface area contributed by atoms with Crippen molar-refractivity contribution in [3.63, 3.8) is 0 Å². The summed E-state index contributed by atoms with van der Waals surface area (Å²) in [6.07, 6.45) is 0. The summed E-state index contributed by atoms with van der Waals surface area (Å²) in [7, 11) is 1.39. The minimum atomic E-state index is -0.339. The fourth-order valence-electron chi connectivity index (χ4n) is 3.25. The third-order valence-electron chi connectivity index (χ3n) is 4.51. The highest BCUT2D eigenvalue weighted by Gasteiger charge is 2.11. The Balaban J connectivity index is 1.97. The summed E-state index contributed by atoms with van der Waals surface area (Å²) in [5, 5.41) is 3.32. The van der Waals surface area contributed by atoms with Crippen molar-refractivity contribution in [3.8, 4) is 11.1 Å². The van der Waals surface area contributed by atoms with Crippen LogP contribution in [0.25, 0.3) is 32.8 Å². The van der Waals surface area contributed by atoms with Crippen molar-refractivity contribution in [1.29, 1.82) is 0 Å². The molecule has 4 aromatic rings. The summed E-state index contributed by atoms with van der Waals surface area (Å²) in [4.78, 5) is 16.5. The van der Waals surface area contributed by atoms with Crippen LogP contribution < -0.4 is 0 Å². The third-order valence-corrected chi connectivity index (χ3v) is 4.51. The highest BCUT2D eigenvalue weighted by Crippen LogP contribution is 2.32. The molecule has 1 aromatic heterocycles. The lowest BCUT2D eigenvalue weighted by atomic mass is 9.96. The van der Waals surface area contributed by atoms with Gasteiger partial charge in [-0.3, -0.25) is 4.98 Å². The Hall–Kier alpha value is -3.20. The maximum Gasteiger partial charge on any atom is 0.337 e. The fraction of sp³-hybridized carbons (Fsp3) is 0.0909. The van der Waals surface area contributed by atoms with E-state index in [1.54, 1.807) is 6.07 Å². The molecule has 0 N–H and O–H groups in total. The SMILES string of the molecule is COC(=O)c1ccc2nc(C)c(-c3cccc4ccccc34)cc2c1. The quantitative estimate of drug-likeness (QED) is 0.478. The first-order chi connectivity index (χ1) is 12.2. The Morgan fingerprint density at radius 2 is 1.68 bits per heavy atom. The van der Waals surface area contributed by atoms with Crippen molar-refractivity contribution >= 4 is 27.6 Å². The van der Waals surface area contributed by atoms with Crippen molar-refractivity contribution < 1.29 is 9.53 Å². The lowest BCUT2D eigenvalue weighted by molar-refractivity contribution is 0.0601. The average molecular weight is 327 g/mol. The predicted octanol–water partition coefficient (Wildman–Crippen LogP) is 5.15. The molecule has 0 bridgehead atoms. The molecule has 0 saturated heterocycles. The summed E-state index contributed by atoms with van der Waals surface area (Å²) in [5.74, 6) is -0.339. The van der Waals surface area contributed by atoms with E-state index in [0.29, 0.717) is 5.56 Å². The molecule has 25 heavy (non-hydrogen) atoms. The van der Waals surface area contributed by atoms with Crippen molar-refractivity contribution in [2.75, 3.05) is 7.11 Å². The number of pyridine rings is 1. The number of nitrogens with zero attached hydrogens (tertiary/aromatic N) is 1. The van der Waals surface area contributed by atoms with Gasteiger partial charge in [0.05, 0.1) is 18.2 Å². The molecule has 0 atom stereocenters. The van der Waals surface area contributed by atoms with Crippen LogP contribution in [-0.4, -0.2) is 18.1 Å². The van der Waals surface area contributed by atoms with Crippen LogP contribution in [0.2, 0.25) is 0 Å². The lowest BCUT2D eigenvalue weighted by Crippen LogP contribution is -2.01. The second kappa shape index (κ2) is 6.02. The number of carbonyl (C=O) groups is 1. The number of aryl methyl sites for hydroxylation is 1. The number of carbonyl (C=O) groups excluding carboxylic acids is 1. The van der Waals surface area contributed by atoms with Crippen molar-refractivity contribution in [3.05, 3.63) is 78.0 Å². The van der Waals surface area contributed by atoms with E-state index in [2.05, 4.69) is 36.4 Å². The van der Waals surface area contributed by atoms with Gasteiger partial charge >= 0.3 is 5.97 Å². The Bertz CT molecular complexity index is 1110. The van der Waals surface area contributed by atoms with Gasteiger partial charge in [-0.1, -0.05) is 42.5 Å². The van der Waals surface area contributed by atoms with Crippen molar-refractivity contribution in [1.82, 2.24) is 4.98 Å². The molecule has 0 amide bonds. The van der Waals surface area contributed by atoms with Crippen LogP contribution in [0.5, 0.6) is 0 Å². The maximum atomic E-state index is 11.8. The van der Waals surface area contributed by atoms with E-state index >= 15 is 0 Å². The largest absolute Gasteiger partial charge is 0.465 e. The molecule has 3 heteroatoms. The molecule has 0 fully saturated rings. The van der Waals surface area contributed by atoms with E-state index in [1.165, 1.54) is 17.9 Å². The molecule has 0 radical (unpaired) electrons. The minimum Gasteiger partial charge on any atom is -0.465 e. The van der Waals surface area contributed by atoms with Crippen LogP contribution in [-0.2, 0) is 4.74 Å². The normalized spacial score (nSPS) is 11.0. The Kier molecular flexibility index (Phi) is 3.69. The van der Waals surface area contributed by atoms with Crippen LogP contribution in [0, 0.1) is 6.92 Å². The summed E-state index contributed by atoms with van der Waals surface area (Å²) < 4.78 is 4.82. The first kappa shape index (κ1) is 15.3. The number of fused-ring (bicyclic) bond motifs is 2. The number of benzene rings is 3.